The first-order valence-electron chi connectivity index (χ1n) is 6.91. The molecular formula is C15H22N2O3. The Balaban J connectivity index is 1.94. The van der Waals surface area contributed by atoms with Crippen LogP contribution in [0.2, 0.25) is 0 Å². The number of fused-ring (bicyclic) bond motifs is 1. The Kier molecular flexibility index (Phi) is 4.84. The number of amides is 1. The molecule has 5 heteroatoms. The zero-order chi connectivity index (χ0) is 14.5. The topological polar surface area (TPSA) is 59.6 Å². The molecule has 2 rings (SSSR count). The molecular weight excluding hydrogens is 256 g/mol. The molecule has 0 aliphatic carbocycles. The summed E-state index contributed by atoms with van der Waals surface area (Å²) in [6.07, 6.45) is 1.17. The van der Waals surface area contributed by atoms with Gasteiger partial charge in [0.05, 0.1) is 7.11 Å². The molecule has 0 aromatic heterocycles. The van der Waals surface area contributed by atoms with Gasteiger partial charge in [-0.05, 0) is 19.1 Å². The fourth-order valence-corrected chi connectivity index (χ4v) is 2.36. The second-order valence-corrected chi connectivity index (χ2v) is 5.06. The predicted molar refractivity (Wildman–Crippen MR) is 77.2 cm³/mol. The second kappa shape index (κ2) is 6.61. The highest BCUT2D eigenvalue weighted by Crippen LogP contribution is 2.34. The second-order valence-electron chi connectivity index (χ2n) is 5.06. The lowest BCUT2D eigenvalue weighted by Crippen LogP contribution is -2.29. The van der Waals surface area contributed by atoms with Crippen LogP contribution in [-0.4, -0.2) is 32.2 Å². The summed E-state index contributed by atoms with van der Waals surface area (Å²) in [5.74, 6) is 1.83. The van der Waals surface area contributed by atoms with E-state index >= 15 is 0 Å². The van der Waals surface area contributed by atoms with E-state index in [0.29, 0.717) is 13.1 Å². The van der Waals surface area contributed by atoms with E-state index in [1.165, 1.54) is 12.5 Å². The largest absolute Gasteiger partial charge is 0.496 e. The first kappa shape index (κ1) is 14.7. The van der Waals surface area contributed by atoms with Crippen LogP contribution in [0.25, 0.3) is 0 Å². The van der Waals surface area contributed by atoms with E-state index < -0.39 is 0 Å². The van der Waals surface area contributed by atoms with Crippen LogP contribution in [0.15, 0.2) is 12.1 Å². The van der Waals surface area contributed by atoms with Crippen molar-refractivity contribution in [3.8, 4) is 11.5 Å². The minimum atomic E-state index is -0.00991. The third-order valence-corrected chi connectivity index (χ3v) is 3.29. The van der Waals surface area contributed by atoms with Gasteiger partial charge in [-0.15, -0.1) is 0 Å². The smallest absolute Gasteiger partial charge is 0.216 e. The van der Waals surface area contributed by atoms with Gasteiger partial charge in [0.15, 0.2) is 0 Å². The number of methoxy groups -OCH3 is 1. The summed E-state index contributed by atoms with van der Waals surface area (Å²) in [4.78, 5) is 10.8. The van der Waals surface area contributed by atoms with Gasteiger partial charge in [-0.3, -0.25) is 4.79 Å². The van der Waals surface area contributed by atoms with Gasteiger partial charge in [0.2, 0.25) is 5.91 Å². The number of benzene rings is 1. The molecule has 1 atom stereocenters. The maximum absolute atomic E-state index is 10.8. The number of ether oxygens (including phenoxy) is 2. The van der Waals surface area contributed by atoms with E-state index in [1.807, 2.05) is 6.07 Å². The van der Waals surface area contributed by atoms with Crippen LogP contribution in [0.3, 0.4) is 0 Å². The van der Waals surface area contributed by atoms with Gasteiger partial charge >= 0.3 is 0 Å². The summed E-state index contributed by atoms with van der Waals surface area (Å²) in [7, 11) is 1.68. The standard InChI is InChI=1S/C15H22N2O3/c1-10-6-12-7-14(19-3)13(8-15(12)20-10)9-16-4-5-17-11(2)18/h7-8,10,16H,4-6,9H2,1-3H3,(H,17,18). The van der Waals surface area contributed by atoms with Crippen molar-refractivity contribution < 1.29 is 14.3 Å². The molecule has 0 saturated heterocycles. The lowest BCUT2D eigenvalue weighted by Gasteiger charge is -2.12. The van der Waals surface area contributed by atoms with E-state index in [-0.39, 0.29) is 12.0 Å². The Morgan fingerprint density at radius 2 is 2.25 bits per heavy atom. The van der Waals surface area contributed by atoms with Crippen molar-refractivity contribution >= 4 is 5.91 Å². The summed E-state index contributed by atoms with van der Waals surface area (Å²) in [6.45, 7) is 5.61. The highest BCUT2D eigenvalue weighted by Gasteiger charge is 2.21. The zero-order valence-corrected chi connectivity index (χ0v) is 12.3. The molecule has 0 radical (unpaired) electrons. The van der Waals surface area contributed by atoms with Crippen molar-refractivity contribution in [3.63, 3.8) is 0 Å². The lowest BCUT2D eigenvalue weighted by atomic mass is 10.1. The molecule has 1 aromatic carbocycles. The monoisotopic (exact) mass is 278 g/mol. The van der Waals surface area contributed by atoms with Gasteiger partial charge in [0, 0.05) is 44.1 Å². The number of hydrogen-bond acceptors (Lipinski definition) is 4. The normalized spacial score (nSPS) is 16.4. The predicted octanol–water partition coefficient (Wildman–Crippen LogP) is 1.24. The van der Waals surface area contributed by atoms with Crippen LogP contribution >= 0.6 is 0 Å². The average Bonchev–Trinajstić information content (AvgIpc) is 2.76. The molecule has 1 unspecified atom stereocenters. The Morgan fingerprint density at radius 3 is 2.95 bits per heavy atom. The van der Waals surface area contributed by atoms with Crippen LogP contribution in [0.5, 0.6) is 11.5 Å². The van der Waals surface area contributed by atoms with Crippen molar-refractivity contribution in [1.29, 1.82) is 0 Å². The van der Waals surface area contributed by atoms with Gasteiger partial charge in [0.25, 0.3) is 0 Å². The third kappa shape index (κ3) is 3.63. The molecule has 0 spiro atoms. The fourth-order valence-electron chi connectivity index (χ4n) is 2.36. The van der Waals surface area contributed by atoms with Crippen molar-refractivity contribution in [2.24, 2.45) is 0 Å². The Labute approximate surface area is 119 Å². The molecule has 2 N–H and O–H groups in total. The van der Waals surface area contributed by atoms with Crippen LogP contribution in [0.4, 0.5) is 0 Å². The average molecular weight is 278 g/mol. The third-order valence-electron chi connectivity index (χ3n) is 3.29. The number of carbonyl (C=O) groups excluding carboxylic acids is 1. The van der Waals surface area contributed by atoms with Crippen LogP contribution < -0.4 is 20.1 Å². The zero-order valence-electron chi connectivity index (χ0n) is 12.3. The van der Waals surface area contributed by atoms with Crippen molar-refractivity contribution in [2.75, 3.05) is 20.2 Å². The molecule has 5 nitrogen and oxygen atoms in total. The SMILES string of the molecule is COc1cc2c(cc1CNCCNC(C)=O)OC(C)C2. The molecule has 0 bridgehead atoms. The van der Waals surface area contributed by atoms with Crippen LogP contribution in [0, 0.1) is 0 Å². The maximum Gasteiger partial charge on any atom is 0.216 e. The summed E-state index contributed by atoms with van der Waals surface area (Å²) in [5, 5.41) is 6.03. The summed E-state index contributed by atoms with van der Waals surface area (Å²) in [6, 6.07) is 4.10. The molecule has 1 aliphatic heterocycles. The minimum absolute atomic E-state index is 0.00991. The van der Waals surface area contributed by atoms with Gasteiger partial charge in [0.1, 0.15) is 17.6 Å². The summed E-state index contributed by atoms with van der Waals surface area (Å²) in [5.41, 5.74) is 2.28. The van der Waals surface area contributed by atoms with Gasteiger partial charge in [-0.2, -0.15) is 0 Å². The number of carbonyl (C=O) groups is 1. The molecule has 110 valence electrons. The summed E-state index contributed by atoms with van der Waals surface area (Å²) >= 11 is 0. The van der Waals surface area contributed by atoms with Crippen LogP contribution in [0.1, 0.15) is 25.0 Å². The van der Waals surface area contributed by atoms with Crippen LogP contribution in [-0.2, 0) is 17.8 Å². The van der Waals surface area contributed by atoms with E-state index in [4.69, 9.17) is 9.47 Å². The van der Waals surface area contributed by atoms with E-state index in [1.54, 1.807) is 7.11 Å². The molecule has 1 heterocycles. The molecule has 0 saturated carbocycles. The maximum atomic E-state index is 10.8. The number of nitrogens with one attached hydrogen (secondary N) is 2. The highest BCUT2D eigenvalue weighted by atomic mass is 16.5. The summed E-state index contributed by atoms with van der Waals surface area (Å²) < 4.78 is 11.2. The van der Waals surface area contributed by atoms with Crippen molar-refractivity contribution in [1.82, 2.24) is 10.6 Å². The number of rotatable bonds is 6. The van der Waals surface area contributed by atoms with E-state index in [2.05, 4.69) is 23.6 Å². The van der Waals surface area contributed by atoms with E-state index in [9.17, 15) is 4.79 Å². The quantitative estimate of drug-likeness (QED) is 0.769. The molecule has 1 aromatic rings. The molecule has 0 fully saturated rings. The Hall–Kier alpha value is -1.75. The lowest BCUT2D eigenvalue weighted by molar-refractivity contribution is -0.118. The fraction of sp³-hybridized carbons (Fsp3) is 0.533. The first-order valence-corrected chi connectivity index (χ1v) is 6.91. The highest BCUT2D eigenvalue weighted by molar-refractivity contribution is 5.72. The van der Waals surface area contributed by atoms with E-state index in [0.717, 1.165) is 30.0 Å². The Morgan fingerprint density at radius 1 is 1.45 bits per heavy atom. The first-order chi connectivity index (χ1) is 9.60. The molecule has 20 heavy (non-hydrogen) atoms. The molecule has 1 aliphatic rings. The van der Waals surface area contributed by atoms with Gasteiger partial charge in [-0.1, -0.05) is 0 Å². The minimum Gasteiger partial charge on any atom is -0.496 e. The molecule has 1 amide bonds. The number of hydrogen-bond donors (Lipinski definition) is 2. The Bertz CT molecular complexity index is 488. The van der Waals surface area contributed by atoms with Gasteiger partial charge < -0.3 is 20.1 Å². The van der Waals surface area contributed by atoms with Crippen molar-refractivity contribution in [3.05, 3.63) is 23.3 Å². The van der Waals surface area contributed by atoms with Gasteiger partial charge in [-0.25, -0.2) is 0 Å². The van der Waals surface area contributed by atoms with Crippen molar-refractivity contribution in [2.45, 2.75) is 32.9 Å².